The average Bonchev–Trinajstić information content (AvgIpc) is 3.56. The molecule has 0 N–H and O–H groups in total. The van der Waals surface area contributed by atoms with Gasteiger partial charge in [-0.25, -0.2) is 4.52 Å². The molecule has 0 radical (unpaired) electrons. The number of benzene rings is 1. The van der Waals surface area contributed by atoms with E-state index in [2.05, 4.69) is 31.5 Å². The number of ether oxygens (including phenoxy) is 5. The summed E-state index contributed by atoms with van der Waals surface area (Å²) in [6.07, 6.45) is 3.82. The van der Waals surface area contributed by atoms with Crippen LogP contribution in [0.25, 0.3) is 16.8 Å². The first-order valence-electron chi connectivity index (χ1n) is 12.5. The number of hydrogen-bond donors (Lipinski definition) is 0. The highest BCUT2D eigenvalue weighted by molar-refractivity contribution is 7.98. The second-order valence-corrected chi connectivity index (χ2v) is 10.4. The van der Waals surface area contributed by atoms with E-state index in [0.29, 0.717) is 23.7 Å². The van der Waals surface area contributed by atoms with E-state index in [4.69, 9.17) is 28.8 Å². The number of quaternary nitrogens is 1. The maximum absolute atomic E-state index is 5.95. The SMILES string of the molecule is COc1cc(C)cc(OC)c1-c1cccc2c([N+](C)(CC3OCCO3)C3CCOCC3)c(SC)nn12. The number of aromatic nitrogens is 2. The molecule has 0 saturated carbocycles. The minimum atomic E-state index is -0.233. The predicted octanol–water partition coefficient (Wildman–Crippen LogP) is 4.54. The Morgan fingerprint density at radius 3 is 2.33 bits per heavy atom. The third-order valence-electron chi connectivity index (χ3n) is 7.43. The highest BCUT2D eigenvalue weighted by Gasteiger charge is 2.44. The van der Waals surface area contributed by atoms with Crippen molar-refractivity contribution in [3.8, 4) is 22.8 Å². The Labute approximate surface area is 217 Å². The van der Waals surface area contributed by atoms with Gasteiger partial charge in [0.25, 0.3) is 0 Å². The summed E-state index contributed by atoms with van der Waals surface area (Å²) in [7, 11) is 5.69. The van der Waals surface area contributed by atoms with Crippen molar-refractivity contribution < 1.29 is 23.7 Å². The first kappa shape index (κ1) is 25.4. The monoisotopic (exact) mass is 514 g/mol. The summed E-state index contributed by atoms with van der Waals surface area (Å²) in [5.41, 5.74) is 5.15. The lowest BCUT2D eigenvalue weighted by atomic mass is 10.0. The standard InChI is InChI=1S/C27H36N3O5S/c1-18-15-22(31-3)25(23(16-18)32-4)20-7-6-8-21-26(27(36-5)28-29(20)21)30(2,17-24-34-13-14-35-24)19-9-11-33-12-10-19/h6-8,15-16,19,24H,9-14,17H2,1-5H3/q+1. The third kappa shape index (κ3) is 4.48. The van der Waals surface area contributed by atoms with Gasteiger partial charge in [0.1, 0.15) is 23.6 Å². The molecule has 5 rings (SSSR count). The first-order valence-corrected chi connectivity index (χ1v) is 13.7. The molecular weight excluding hydrogens is 478 g/mol. The Morgan fingerprint density at radius 1 is 1.06 bits per heavy atom. The van der Waals surface area contributed by atoms with Gasteiger partial charge >= 0.3 is 0 Å². The second kappa shape index (κ2) is 10.6. The number of methoxy groups -OCH3 is 2. The van der Waals surface area contributed by atoms with Crippen LogP contribution in [0.4, 0.5) is 5.69 Å². The summed E-state index contributed by atoms with van der Waals surface area (Å²) in [6, 6.07) is 10.8. The lowest BCUT2D eigenvalue weighted by Gasteiger charge is -2.43. The molecule has 0 spiro atoms. The fourth-order valence-corrected chi connectivity index (χ4v) is 6.31. The van der Waals surface area contributed by atoms with Crippen molar-refractivity contribution in [1.82, 2.24) is 14.1 Å². The van der Waals surface area contributed by atoms with Crippen molar-refractivity contribution >= 4 is 23.0 Å². The highest BCUT2D eigenvalue weighted by Crippen LogP contribution is 2.44. The van der Waals surface area contributed by atoms with Crippen LogP contribution in [0.5, 0.6) is 11.5 Å². The molecule has 0 amide bonds. The Morgan fingerprint density at radius 2 is 1.72 bits per heavy atom. The molecule has 2 fully saturated rings. The van der Waals surface area contributed by atoms with Gasteiger partial charge in [-0.1, -0.05) is 6.07 Å². The molecular formula is C27H36N3O5S+. The maximum atomic E-state index is 5.95. The number of likely N-dealkylation sites (N-methyl/N-ethyl adjacent to an activating group) is 1. The fourth-order valence-electron chi connectivity index (χ4n) is 5.64. The number of hydrogen-bond acceptors (Lipinski definition) is 7. The van der Waals surface area contributed by atoms with E-state index in [1.165, 1.54) is 5.69 Å². The van der Waals surface area contributed by atoms with Crippen LogP contribution < -0.4 is 14.0 Å². The average molecular weight is 515 g/mol. The van der Waals surface area contributed by atoms with Gasteiger partial charge in [0, 0.05) is 12.8 Å². The Bertz CT molecular complexity index is 1190. The summed E-state index contributed by atoms with van der Waals surface area (Å²) in [4.78, 5) is 0. The molecule has 0 aliphatic carbocycles. The normalized spacial score (nSPS) is 19.0. The zero-order chi connectivity index (χ0) is 25.3. The minimum absolute atomic E-state index is 0.233. The van der Waals surface area contributed by atoms with Gasteiger partial charge in [-0.2, -0.15) is 5.10 Å². The number of pyridine rings is 1. The quantitative estimate of drug-likeness (QED) is 0.323. The van der Waals surface area contributed by atoms with E-state index >= 15 is 0 Å². The molecule has 1 aromatic carbocycles. The number of fused-ring (bicyclic) bond motifs is 1. The number of aryl methyl sites for hydroxylation is 1. The number of nitrogens with zero attached hydrogens (tertiary/aromatic N) is 3. The Kier molecular flexibility index (Phi) is 7.46. The molecule has 8 nitrogen and oxygen atoms in total. The van der Waals surface area contributed by atoms with E-state index < -0.39 is 0 Å². The maximum Gasteiger partial charge on any atom is 0.208 e. The molecule has 4 heterocycles. The highest BCUT2D eigenvalue weighted by atomic mass is 32.2. The van der Waals surface area contributed by atoms with Crippen LogP contribution in [-0.4, -0.2) is 82.4 Å². The van der Waals surface area contributed by atoms with Gasteiger partial charge in [-0.15, -0.1) is 11.8 Å². The van der Waals surface area contributed by atoms with Crippen LogP contribution in [0.1, 0.15) is 18.4 Å². The van der Waals surface area contributed by atoms with Gasteiger partial charge in [-0.05, 0) is 43.0 Å². The van der Waals surface area contributed by atoms with Crippen LogP contribution in [0, 0.1) is 6.92 Å². The molecule has 9 heteroatoms. The molecule has 36 heavy (non-hydrogen) atoms. The van der Waals surface area contributed by atoms with Gasteiger partial charge < -0.3 is 23.7 Å². The van der Waals surface area contributed by atoms with Crippen molar-refractivity contribution in [2.45, 2.75) is 37.1 Å². The lowest BCUT2D eigenvalue weighted by molar-refractivity contribution is -0.0694. The van der Waals surface area contributed by atoms with Crippen molar-refractivity contribution in [2.75, 3.05) is 60.5 Å². The van der Waals surface area contributed by atoms with E-state index in [-0.39, 0.29) is 6.29 Å². The number of thioether (sulfide) groups is 1. The predicted molar refractivity (Wildman–Crippen MR) is 142 cm³/mol. The molecule has 1 unspecified atom stereocenters. The summed E-state index contributed by atoms with van der Waals surface area (Å²) >= 11 is 1.67. The van der Waals surface area contributed by atoms with Crippen molar-refractivity contribution in [3.05, 3.63) is 35.9 Å². The fraction of sp³-hybridized carbons (Fsp3) is 0.519. The first-order chi connectivity index (χ1) is 17.5. The summed E-state index contributed by atoms with van der Waals surface area (Å²) in [5, 5.41) is 6.16. The molecule has 2 aliphatic rings. The van der Waals surface area contributed by atoms with Crippen LogP contribution in [0.15, 0.2) is 35.4 Å². The van der Waals surface area contributed by atoms with Gasteiger partial charge in [0.2, 0.25) is 6.29 Å². The van der Waals surface area contributed by atoms with Crippen molar-refractivity contribution in [2.24, 2.45) is 0 Å². The van der Waals surface area contributed by atoms with Crippen LogP contribution in [-0.2, 0) is 14.2 Å². The van der Waals surface area contributed by atoms with Crippen molar-refractivity contribution in [1.29, 1.82) is 0 Å². The van der Waals surface area contributed by atoms with E-state index in [1.807, 2.05) is 23.6 Å². The summed E-state index contributed by atoms with van der Waals surface area (Å²) in [5.74, 6) is 1.52. The third-order valence-corrected chi connectivity index (χ3v) is 8.09. The minimum Gasteiger partial charge on any atom is -0.496 e. The van der Waals surface area contributed by atoms with E-state index in [0.717, 1.165) is 71.5 Å². The zero-order valence-corrected chi connectivity index (χ0v) is 22.6. The topological polar surface area (TPSA) is 63.5 Å². The largest absolute Gasteiger partial charge is 0.496 e. The smallest absolute Gasteiger partial charge is 0.208 e. The summed E-state index contributed by atoms with van der Waals surface area (Å²) in [6.45, 7) is 5.57. The van der Waals surface area contributed by atoms with Gasteiger partial charge in [0.15, 0.2) is 10.7 Å². The zero-order valence-electron chi connectivity index (χ0n) is 21.8. The van der Waals surface area contributed by atoms with Crippen molar-refractivity contribution in [3.63, 3.8) is 0 Å². The van der Waals surface area contributed by atoms with Gasteiger partial charge in [0.05, 0.1) is 65.0 Å². The van der Waals surface area contributed by atoms with E-state index in [1.54, 1.807) is 26.0 Å². The molecule has 194 valence electrons. The summed E-state index contributed by atoms with van der Waals surface area (Å²) < 4.78 is 32.0. The molecule has 3 aromatic rings. The van der Waals surface area contributed by atoms with E-state index in [9.17, 15) is 0 Å². The lowest BCUT2D eigenvalue weighted by Crippen LogP contribution is -2.59. The molecule has 2 aliphatic heterocycles. The van der Waals surface area contributed by atoms with Crippen LogP contribution in [0.3, 0.4) is 0 Å². The molecule has 1 atom stereocenters. The molecule has 2 aromatic heterocycles. The second-order valence-electron chi connectivity index (χ2n) is 9.58. The van der Waals surface area contributed by atoms with Crippen LogP contribution >= 0.6 is 11.8 Å². The van der Waals surface area contributed by atoms with Crippen LogP contribution in [0.2, 0.25) is 0 Å². The Hall–Kier alpha value is -2.30. The molecule has 0 bridgehead atoms. The van der Waals surface area contributed by atoms with Gasteiger partial charge in [-0.3, -0.25) is 4.48 Å². The Balaban J connectivity index is 1.73. The number of rotatable bonds is 8. The molecule has 2 saturated heterocycles.